The zero-order valence-electron chi connectivity index (χ0n) is 10.1. The number of aliphatic imine (C=N–C) groups is 1. The summed E-state index contributed by atoms with van der Waals surface area (Å²) in [6.45, 7) is 0.895. The molecule has 0 radical (unpaired) electrons. The quantitative estimate of drug-likeness (QED) is 0.790. The lowest BCUT2D eigenvalue weighted by molar-refractivity contribution is 0.128. The van der Waals surface area contributed by atoms with Gasteiger partial charge in [0.25, 0.3) is 0 Å². The summed E-state index contributed by atoms with van der Waals surface area (Å²) in [5.41, 5.74) is 5.96. The lowest BCUT2D eigenvalue weighted by Gasteiger charge is -2.41. The maximum atomic E-state index is 12.0. The summed E-state index contributed by atoms with van der Waals surface area (Å²) >= 11 is 0. The summed E-state index contributed by atoms with van der Waals surface area (Å²) in [5, 5.41) is 0. The fraction of sp³-hybridized carbons (Fsp3) is 0.846. The van der Waals surface area contributed by atoms with Crippen molar-refractivity contribution < 1.29 is 4.79 Å². The van der Waals surface area contributed by atoms with Crippen molar-refractivity contribution in [2.75, 3.05) is 6.54 Å². The van der Waals surface area contributed by atoms with Crippen LogP contribution in [0.4, 0.5) is 4.79 Å². The Labute approximate surface area is 101 Å². The molecule has 3 unspecified atom stereocenters. The maximum absolute atomic E-state index is 12.0. The summed E-state index contributed by atoms with van der Waals surface area (Å²) in [7, 11) is 0. The highest BCUT2D eigenvalue weighted by Gasteiger charge is 2.63. The average molecular weight is 233 g/mol. The van der Waals surface area contributed by atoms with Crippen LogP contribution >= 0.6 is 0 Å². The molecule has 4 aliphatic rings. The third-order valence-electron chi connectivity index (χ3n) is 5.18. The topological polar surface area (TPSA) is 58.7 Å². The number of amidine groups is 1. The third kappa shape index (κ3) is 1.24. The van der Waals surface area contributed by atoms with Gasteiger partial charge in [-0.2, -0.15) is 4.99 Å². The van der Waals surface area contributed by atoms with E-state index >= 15 is 0 Å². The van der Waals surface area contributed by atoms with E-state index in [0.717, 1.165) is 24.8 Å². The van der Waals surface area contributed by atoms with Crippen LogP contribution in [-0.2, 0) is 0 Å². The minimum Gasteiger partial charge on any atom is -0.385 e. The Hall–Kier alpha value is -1.06. The van der Waals surface area contributed by atoms with Gasteiger partial charge in [-0.3, -0.25) is 0 Å². The highest BCUT2D eigenvalue weighted by molar-refractivity contribution is 6.06. The number of nitrogens with two attached hydrogens (primary N) is 1. The number of nitrogens with zero attached hydrogens (tertiary/aromatic N) is 2. The summed E-state index contributed by atoms with van der Waals surface area (Å²) in [6, 6.07) is -0.0676. The Morgan fingerprint density at radius 2 is 2.24 bits per heavy atom. The Balaban J connectivity index is 1.69. The first-order valence-electron chi connectivity index (χ1n) is 6.88. The molecule has 1 aliphatic heterocycles. The molecule has 17 heavy (non-hydrogen) atoms. The Bertz CT molecular complexity index is 415. The van der Waals surface area contributed by atoms with Crippen molar-refractivity contribution in [3.05, 3.63) is 0 Å². The highest BCUT2D eigenvalue weighted by atomic mass is 16.2. The average Bonchev–Trinajstić information content (AvgIpc) is 3.17. The van der Waals surface area contributed by atoms with Crippen molar-refractivity contribution in [2.45, 2.75) is 44.1 Å². The van der Waals surface area contributed by atoms with E-state index in [1.54, 1.807) is 0 Å². The number of carbonyl (C=O) groups is 1. The number of fused-ring (bicyclic) bond motifs is 2. The maximum Gasteiger partial charge on any atom is 0.346 e. The number of hydrogen-bond acceptors (Lipinski definition) is 2. The van der Waals surface area contributed by atoms with Crippen molar-refractivity contribution in [1.29, 1.82) is 0 Å². The molecule has 4 heteroatoms. The zero-order valence-corrected chi connectivity index (χ0v) is 10.1. The van der Waals surface area contributed by atoms with Crippen LogP contribution in [0.1, 0.15) is 38.5 Å². The molecule has 92 valence electrons. The van der Waals surface area contributed by atoms with Crippen molar-refractivity contribution in [2.24, 2.45) is 28.5 Å². The third-order valence-corrected chi connectivity index (χ3v) is 5.18. The lowest BCUT2D eigenvalue weighted by Crippen LogP contribution is -2.57. The molecule has 2 N–H and O–H groups in total. The number of carbonyl (C=O) groups excluding carboxylic acids is 1. The minimum atomic E-state index is -0.164. The fourth-order valence-electron chi connectivity index (χ4n) is 3.99. The molecule has 0 aromatic carbocycles. The standard InChI is InChI=1S/C13H19N3O/c14-11-13(5-1-2-9-6-10(9)13)16(12(17)15-11)7-8-3-4-8/h8-10H,1-7H2,(H2,14,15,17). The number of rotatable bonds is 2. The SMILES string of the molecule is NC1=NC(=O)N(CC2CC2)C12CCCC1CC12. The molecule has 2 amide bonds. The second-order valence-electron chi connectivity index (χ2n) is 6.25. The van der Waals surface area contributed by atoms with Crippen LogP contribution in [0.3, 0.4) is 0 Å². The van der Waals surface area contributed by atoms with Gasteiger partial charge in [0.1, 0.15) is 11.4 Å². The second-order valence-corrected chi connectivity index (χ2v) is 6.25. The highest BCUT2D eigenvalue weighted by Crippen LogP contribution is 2.58. The van der Waals surface area contributed by atoms with Crippen LogP contribution in [0.15, 0.2) is 4.99 Å². The molecule has 3 aliphatic carbocycles. The van der Waals surface area contributed by atoms with Crippen molar-refractivity contribution >= 4 is 11.9 Å². The zero-order chi connectivity index (χ0) is 11.6. The Morgan fingerprint density at radius 1 is 1.41 bits per heavy atom. The number of amides is 2. The van der Waals surface area contributed by atoms with E-state index in [-0.39, 0.29) is 11.6 Å². The van der Waals surface area contributed by atoms with Gasteiger partial charge in [-0.25, -0.2) is 4.79 Å². The summed E-state index contributed by atoms with van der Waals surface area (Å²) in [5.74, 6) is 2.77. The first kappa shape index (κ1) is 9.92. The van der Waals surface area contributed by atoms with Crippen LogP contribution in [0.25, 0.3) is 0 Å². The van der Waals surface area contributed by atoms with Gasteiger partial charge in [0, 0.05) is 6.54 Å². The van der Waals surface area contributed by atoms with Gasteiger partial charge in [0.2, 0.25) is 0 Å². The predicted octanol–water partition coefficient (Wildman–Crippen LogP) is 1.75. The summed E-state index contributed by atoms with van der Waals surface area (Å²) in [6.07, 6.45) is 7.37. The van der Waals surface area contributed by atoms with Gasteiger partial charge >= 0.3 is 6.03 Å². The normalized spacial score (nSPS) is 43.9. The molecule has 4 rings (SSSR count). The molecule has 0 aromatic heterocycles. The van der Waals surface area contributed by atoms with Crippen molar-refractivity contribution in [1.82, 2.24) is 4.90 Å². The van der Waals surface area contributed by atoms with E-state index in [4.69, 9.17) is 5.73 Å². The minimum absolute atomic E-state index is 0.0676. The van der Waals surface area contributed by atoms with E-state index in [9.17, 15) is 4.79 Å². The predicted molar refractivity (Wildman–Crippen MR) is 64.6 cm³/mol. The van der Waals surface area contributed by atoms with Gasteiger partial charge in [-0.15, -0.1) is 0 Å². The smallest absolute Gasteiger partial charge is 0.346 e. The monoisotopic (exact) mass is 233 g/mol. The fourth-order valence-corrected chi connectivity index (χ4v) is 3.99. The molecule has 0 aromatic rings. The molecule has 3 fully saturated rings. The molecule has 0 bridgehead atoms. The molecule has 1 heterocycles. The van der Waals surface area contributed by atoms with Gasteiger partial charge in [0.05, 0.1) is 0 Å². The largest absolute Gasteiger partial charge is 0.385 e. The van der Waals surface area contributed by atoms with Crippen LogP contribution in [0.5, 0.6) is 0 Å². The molecule has 4 nitrogen and oxygen atoms in total. The van der Waals surface area contributed by atoms with E-state index in [2.05, 4.69) is 4.99 Å². The van der Waals surface area contributed by atoms with Gasteiger partial charge in [0.15, 0.2) is 0 Å². The van der Waals surface area contributed by atoms with Crippen LogP contribution < -0.4 is 5.73 Å². The van der Waals surface area contributed by atoms with E-state index < -0.39 is 0 Å². The van der Waals surface area contributed by atoms with E-state index in [0.29, 0.717) is 11.8 Å². The van der Waals surface area contributed by atoms with E-state index in [1.807, 2.05) is 4.90 Å². The first-order chi connectivity index (χ1) is 8.22. The second kappa shape index (κ2) is 3.03. The molecule has 0 saturated heterocycles. The van der Waals surface area contributed by atoms with Crippen molar-refractivity contribution in [3.8, 4) is 0 Å². The Kier molecular flexibility index (Phi) is 1.77. The number of urea groups is 1. The summed E-state index contributed by atoms with van der Waals surface area (Å²) < 4.78 is 0. The summed E-state index contributed by atoms with van der Waals surface area (Å²) in [4.78, 5) is 18.2. The molecular formula is C13H19N3O. The van der Waals surface area contributed by atoms with Gasteiger partial charge in [-0.05, 0) is 49.9 Å². The van der Waals surface area contributed by atoms with Gasteiger partial charge in [-0.1, -0.05) is 6.42 Å². The van der Waals surface area contributed by atoms with Crippen molar-refractivity contribution in [3.63, 3.8) is 0 Å². The number of hydrogen-bond donors (Lipinski definition) is 1. The lowest BCUT2D eigenvalue weighted by atomic mass is 9.79. The van der Waals surface area contributed by atoms with Crippen LogP contribution in [0, 0.1) is 17.8 Å². The molecule has 3 saturated carbocycles. The van der Waals surface area contributed by atoms with E-state index in [1.165, 1.54) is 32.1 Å². The molecular weight excluding hydrogens is 214 g/mol. The van der Waals surface area contributed by atoms with Crippen LogP contribution in [0.2, 0.25) is 0 Å². The molecule has 1 spiro atoms. The molecule has 3 atom stereocenters. The Morgan fingerprint density at radius 3 is 3.00 bits per heavy atom. The van der Waals surface area contributed by atoms with Crippen LogP contribution in [-0.4, -0.2) is 28.9 Å². The first-order valence-corrected chi connectivity index (χ1v) is 6.88. The van der Waals surface area contributed by atoms with Gasteiger partial charge < -0.3 is 10.6 Å².